The molecule has 11 nitrogen and oxygen atoms in total. The van der Waals surface area contributed by atoms with Crippen molar-refractivity contribution in [1.29, 1.82) is 0 Å². The molecule has 0 aromatic rings. The van der Waals surface area contributed by atoms with E-state index in [9.17, 15) is 35.1 Å². The minimum absolute atomic E-state index is 0.0732. The fraction of sp³-hybridized carbons (Fsp3) is 0.750. The molecule has 1 aliphatic heterocycles. The van der Waals surface area contributed by atoms with Gasteiger partial charge in [-0.1, -0.05) is 203 Å². The molecule has 0 radical (unpaired) electrons. The van der Waals surface area contributed by atoms with Crippen LogP contribution in [0, 0.1) is 0 Å². The molecule has 0 saturated carbocycles. The summed E-state index contributed by atoms with van der Waals surface area (Å²) >= 11 is 0. The normalized spacial score (nSPS) is 20.6. The molecule has 8 unspecified atom stereocenters. The number of hydrogen-bond acceptors (Lipinski definition) is 10. The molecule has 8 atom stereocenters. The lowest BCUT2D eigenvalue weighted by atomic mass is 9.99. The van der Waals surface area contributed by atoms with Gasteiger partial charge in [0.25, 0.3) is 0 Å². The number of esters is 1. The molecule has 0 aliphatic carbocycles. The first-order valence-electron chi connectivity index (χ1n) is 26.8. The van der Waals surface area contributed by atoms with Crippen LogP contribution in [0.3, 0.4) is 0 Å². The highest BCUT2D eigenvalue weighted by Gasteiger charge is 2.47. The van der Waals surface area contributed by atoms with Crippen LogP contribution in [0.25, 0.3) is 0 Å². The summed E-state index contributed by atoms with van der Waals surface area (Å²) in [4.78, 5) is 26.3. The van der Waals surface area contributed by atoms with Gasteiger partial charge in [-0.2, -0.15) is 0 Å². The summed E-state index contributed by atoms with van der Waals surface area (Å²) < 4.78 is 17.5. The SMILES string of the molecule is CC/C=C/C=C/C=C\C=C/CCCCCC(=O)OC1C(OCC(NC(=O)C(O)CCCC/C=C\CCCCCCCCC)C(O)/C=C/CCCCCCCCCCCC)OC(CO)C(O)C1O. The van der Waals surface area contributed by atoms with Crippen molar-refractivity contribution < 1.29 is 49.3 Å². The second-order valence-corrected chi connectivity index (χ2v) is 18.3. The zero-order valence-corrected chi connectivity index (χ0v) is 42.2. The zero-order valence-electron chi connectivity index (χ0n) is 42.2. The Labute approximate surface area is 407 Å². The number of allylic oxidation sites excluding steroid dienone is 11. The number of amides is 1. The van der Waals surface area contributed by atoms with Gasteiger partial charge in [0.05, 0.1) is 25.4 Å². The van der Waals surface area contributed by atoms with Crippen molar-refractivity contribution in [3.8, 4) is 0 Å². The molecule has 0 spiro atoms. The van der Waals surface area contributed by atoms with Crippen molar-refractivity contribution in [1.82, 2.24) is 5.32 Å². The third-order valence-electron chi connectivity index (χ3n) is 12.2. The van der Waals surface area contributed by atoms with E-state index < -0.39 is 67.4 Å². The van der Waals surface area contributed by atoms with Crippen LogP contribution in [0.5, 0.6) is 0 Å². The number of carbonyl (C=O) groups excluding carboxylic acids is 2. The number of carbonyl (C=O) groups is 2. The summed E-state index contributed by atoms with van der Waals surface area (Å²) in [7, 11) is 0. The number of unbranched alkanes of at least 4 members (excludes halogenated alkanes) is 22. The first-order chi connectivity index (χ1) is 32.7. The average Bonchev–Trinajstić information content (AvgIpc) is 3.32. The average molecular weight is 944 g/mol. The van der Waals surface area contributed by atoms with Gasteiger partial charge in [0.15, 0.2) is 12.4 Å². The fourth-order valence-corrected chi connectivity index (χ4v) is 7.89. The Bertz CT molecular complexity index is 1360. The molecule has 0 aromatic carbocycles. The van der Waals surface area contributed by atoms with Gasteiger partial charge >= 0.3 is 5.97 Å². The second-order valence-electron chi connectivity index (χ2n) is 18.3. The van der Waals surface area contributed by atoms with E-state index in [2.05, 4.69) is 50.4 Å². The van der Waals surface area contributed by atoms with Crippen molar-refractivity contribution in [3.63, 3.8) is 0 Å². The first kappa shape index (κ1) is 62.1. The highest BCUT2D eigenvalue weighted by molar-refractivity contribution is 5.80. The van der Waals surface area contributed by atoms with Crippen molar-refractivity contribution >= 4 is 11.9 Å². The van der Waals surface area contributed by atoms with Crippen LogP contribution in [-0.2, 0) is 23.8 Å². The number of aliphatic hydroxyl groups excluding tert-OH is 5. The van der Waals surface area contributed by atoms with E-state index in [0.29, 0.717) is 12.8 Å². The Morgan fingerprint density at radius 1 is 0.597 bits per heavy atom. The molecule has 0 aromatic heterocycles. The molecule has 67 heavy (non-hydrogen) atoms. The molecule has 1 heterocycles. The van der Waals surface area contributed by atoms with Crippen LogP contribution >= 0.6 is 0 Å². The molecule has 1 amide bonds. The minimum Gasteiger partial charge on any atom is -0.454 e. The van der Waals surface area contributed by atoms with E-state index in [0.717, 1.165) is 64.2 Å². The Kier molecular flexibility index (Phi) is 41.1. The highest BCUT2D eigenvalue weighted by Crippen LogP contribution is 2.26. The Balaban J connectivity index is 2.82. The van der Waals surface area contributed by atoms with Gasteiger partial charge in [0, 0.05) is 6.42 Å². The maximum atomic E-state index is 13.3. The topological polar surface area (TPSA) is 175 Å². The predicted molar refractivity (Wildman–Crippen MR) is 273 cm³/mol. The van der Waals surface area contributed by atoms with Crippen LogP contribution in [0.15, 0.2) is 72.9 Å². The van der Waals surface area contributed by atoms with E-state index in [1.165, 1.54) is 96.3 Å². The van der Waals surface area contributed by atoms with Gasteiger partial charge in [-0.3, -0.25) is 9.59 Å². The molecule has 1 aliphatic rings. The Morgan fingerprint density at radius 2 is 1.09 bits per heavy atom. The van der Waals surface area contributed by atoms with E-state index in [1.807, 2.05) is 42.5 Å². The molecule has 386 valence electrons. The van der Waals surface area contributed by atoms with Gasteiger partial charge < -0.3 is 45.1 Å². The summed E-state index contributed by atoms with van der Waals surface area (Å²) in [6.45, 7) is 5.57. The zero-order chi connectivity index (χ0) is 49.0. The quantitative estimate of drug-likeness (QED) is 0.0149. The van der Waals surface area contributed by atoms with Gasteiger partial charge in [-0.15, -0.1) is 0 Å². The van der Waals surface area contributed by atoms with Gasteiger partial charge in [-0.25, -0.2) is 0 Å². The van der Waals surface area contributed by atoms with Crippen molar-refractivity contribution in [2.75, 3.05) is 13.2 Å². The van der Waals surface area contributed by atoms with Gasteiger partial charge in [0.2, 0.25) is 5.91 Å². The van der Waals surface area contributed by atoms with Crippen LogP contribution in [0.1, 0.15) is 207 Å². The number of aliphatic hydroxyl groups is 5. The van der Waals surface area contributed by atoms with Gasteiger partial charge in [0.1, 0.15) is 24.4 Å². The molecule has 1 saturated heterocycles. The number of ether oxygens (including phenoxy) is 3. The second kappa shape index (κ2) is 44.3. The molecule has 0 bridgehead atoms. The summed E-state index contributed by atoms with van der Waals surface area (Å²) in [5.74, 6) is -1.26. The molecule has 1 fully saturated rings. The fourth-order valence-electron chi connectivity index (χ4n) is 7.89. The van der Waals surface area contributed by atoms with Crippen LogP contribution in [0.4, 0.5) is 0 Å². The molecule has 6 N–H and O–H groups in total. The lowest BCUT2D eigenvalue weighted by Gasteiger charge is -2.41. The molecule has 11 heteroatoms. The van der Waals surface area contributed by atoms with Crippen LogP contribution < -0.4 is 5.32 Å². The third-order valence-corrected chi connectivity index (χ3v) is 12.2. The summed E-state index contributed by atoms with van der Waals surface area (Å²) in [5, 5.41) is 56.6. The standard InChI is InChI=1S/C56H97NO10/c1-4-7-10-13-16-19-22-25-28-31-34-37-40-43-49(60)55(64)57-47(48(59)42-39-36-33-30-27-24-21-18-15-12-9-6-3)46-65-56-54(53(63)52(62)50(45-58)66-56)67-51(61)44-41-38-35-32-29-26-23-20-17-14-11-8-5-2/h8,11,14,17,20,23,26,28-29,31,39,42,47-50,52-54,56,58-60,62-63H,4-7,9-10,12-13,15-16,18-19,21-22,24-25,27,30,32-38,40-41,43-46H2,1-3H3,(H,57,64)/b11-8+,17-14+,23-20-,29-26-,31-28-,42-39+. The van der Waals surface area contributed by atoms with E-state index in [1.54, 1.807) is 6.08 Å². The Morgan fingerprint density at radius 3 is 1.66 bits per heavy atom. The molecule has 1 rings (SSSR count). The highest BCUT2D eigenvalue weighted by atomic mass is 16.7. The predicted octanol–water partition coefficient (Wildman–Crippen LogP) is 11.3. The molecular formula is C56H97NO10. The van der Waals surface area contributed by atoms with Crippen molar-refractivity contribution in [3.05, 3.63) is 72.9 Å². The third kappa shape index (κ3) is 33.3. The van der Waals surface area contributed by atoms with Crippen molar-refractivity contribution in [2.24, 2.45) is 0 Å². The number of nitrogens with one attached hydrogen (secondary N) is 1. The number of rotatable bonds is 43. The van der Waals surface area contributed by atoms with Gasteiger partial charge in [-0.05, 0) is 70.6 Å². The lowest BCUT2D eigenvalue weighted by Crippen LogP contribution is -2.61. The number of hydrogen-bond donors (Lipinski definition) is 6. The minimum atomic E-state index is -1.63. The maximum absolute atomic E-state index is 13.3. The summed E-state index contributed by atoms with van der Waals surface area (Å²) in [5.41, 5.74) is 0. The van der Waals surface area contributed by atoms with Crippen molar-refractivity contribution in [2.45, 2.75) is 256 Å². The van der Waals surface area contributed by atoms with E-state index >= 15 is 0 Å². The Hall–Kier alpha value is -2.90. The molecular weight excluding hydrogens is 847 g/mol. The van der Waals surface area contributed by atoms with E-state index in [-0.39, 0.29) is 19.4 Å². The smallest absolute Gasteiger partial charge is 0.306 e. The first-order valence-corrected chi connectivity index (χ1v) is 26.8. The maximum Gasteiger partial charge on any atom is 0.306 e. The van der Waals surface area contributed by atoms with Crippen LogP contribution in [0.2, 0.25) is 0 Å². The monoisotopic (exact) mass is 944 g/mol. The van der Waals surface area contributed by atoms with E-state index in [4.69, 9.17) is 14.2 Å². The van der Waals surface area contributed by atoms with Crippen LogP contribution in [-0.4, -0.2) is 99.6 Å². The largest absolute Gasteiger partial charge is 0.454 e. The summed E-state index contributed by atoms with van der Waals surface area (Å²) in [6, 6.07) is -1.04. The lowest BCUT2D eigenvalue weighted by molar-refractivity contribution is -0.305. The summed E-state index contributed by atoms with van der Waals surface area (Å²) in [6.07, 6.45) is 43.9.